The SMILES string of the molecule is CC1(C)[C@@H]2C3OCN(c4ccccc4)C[C@]3(O)CC[C@@H]21. The fourth-order valence-electron chi connectivity index (χ4n) is 4.60. The molecule has 3 heteroatoms. The Kier molecular flexibility index (Phi) is 2.52. The number of rotatable bonds is 1. The highest BCUT2D eigenvalue weighted by Crippen LogP contribution is 2.67. The monoisotopic (exact) mass is 273 g/mol. The summed E-state index contributed by atoms with van der Waals surface area (Å²) in [5, 5.41) is 11.1. The van der Waals surface area contributed by atoms with Crippen LogP contribution in [0.2, 0.25) is 0 Å². The first-order chi connectivity index (χ1) is 9.52. The molecular formula is C17H23NO2. The first-order valence-corrected chi connectivity index (χ1v) is 7.66. The van der Waals surface area contributed by atoms with Crippen molar-refractivity contribution in [1.82, 2.24) is 0 Å². The maximum atomic E-state index is 11.1. The highest BCUT2D eigenvalue weighted by atomic mass is 16.5. The molecule has 4 rings (SSSR count). The van der Waals surface area contributed by atoms with Crippen molar-refractivity contribution in [2.45, 2.75) is 38.4 Å². The van der Waals surface area contributed by atoms with Crippen LogP contribution in [0.4, 0.5) is 5.69 Å². The van der Waals surface area contributed by atoms with Gasteiger partial charge in [-0.25, -0.2) is 0 Å². The van der Waals surface area contributed by atoms with Crippen LogP contribution in [0, 0.1) is 17.3 Å². The minimum Gasteiger partial charge on any atom is -0.385 e. The average molecular weight is 273 g/mol. The van der Waals surface area contributed by atoms with Gasteiger partial charge in [0.1, 0.15) is 12.3 Å². The van der Waals surface area contributed by atoms with Gasteiger partial charge in [0.25, 0.3) is 0 Å². The molecule has 1 heterocycles. The summed E-state index contributed by atoms with van der Waals surface area (Å²) in [6, 6.07) is 10.3. The second kappa shape index (κ2) is 3.99. The third kappa shape index (κ3) is 1.66. The van der Waals surface area contributed by atoms with Crippen molar-refractivity contribution in [2.24, 2.45) is 17.3 Å². The van der Waals surface area contributed by atoms with Crippen molar-refractivity contribution in [2.75, 3.05) is 18.2 Å². The number of hydrogen-bond acceptors (Lipinski definition) is 3. The molecule has 108 valence electrons. The Hall–Kier alpha value is -1.06. The zero-order chi connectivity index (χ0) is 14.0. The lowest BCUT2D eigenvalue weighted by molar-refractivity contribution is -0.158. The van der Waals surface area contributed by atoms with Gasteiger partial charge in [-0.1, -0.05) is 32.0 Å². The Morgan fingerprint density at radius 1 is 1.25 bits per heavy atom. The van der Waals surface area contributed by atoms with Gasteiger partial charge in [0.05, 0.1) is 12.6 Å². The average Bonchev–Trinajstić information content (AvgIpc) is 3.01. The summed E-state index contributed by atoms with van der Waals surface area (Å²) in [6.45, 7) is 5.93. The molecule has 20 heavy (non-hydrogen) atoms. The molecule has 0 bridgehead atoms. The molecular weight excluding hydrogens is 250 g/mol. The maximum Gasteiger partial charge on any atom is 0.119 e. The molecule has 2 saturated carbocycles. The minimum atomic E-state index is -0.678. The van der Waals surface area contributed by atoms with Gasteiger partial charge in [-0.05, 0) is 42.2 Å². The van der Waals surface area contributed by atoms with Crippen LogP contribution in [-0.2, 0) is 4.74 Å². The third-order valence-electron chi connectivity index (χ3n) is 5.88. The van der Waals surface area contributed by atoms with Crippen LogP contribution in [0.3, 0.4) is 0 Å². The lowest BCUT2D eigenvalue weighted by Gasteiger charge is -2.48. The Labute approximate surface area is 120 Å². The molecule has 1 aromatic rings. The van der Waals surface area contributed by atoms with E-state index in [4.69, 9.17) is 4.74 Å². The van der Waals surface area contributed by atoms with Gasteiger partial charge >= 0.3 is 0 Å². The van der Waals surface area contributed by atoms with Crippen LogP contribution in [-0.4, -0.2) is 30.1 Å². The van der Waals surface area contributed by atoms with Gasteiger partial charge in [-0.2, -0.15) is 0 Å². The fourth-order valence-corrected chi connectivity index (χ4v) is 4.60. The van der Waals surface area contributed by atoms with Gasteiger partial charge in [0, 0.05) is 5.69 Å². The predicted molar refractivity (Wildman–Crippen MR) is 78.5 cm³/mol. The zero-order valence-electron chi connectivity index (χ0n) is 12.2. The molecule has 1 aliphatic heterocycles. The molecule has 4 atom stereocenters. The molecule has 0 amide bonds. The molecule has 0 radical (unpaired) electrons. The summed E-state index contributed by atoms with van der Waals surface area (Å²) in [4.78, 5) is 2.16. The van der Waals surface area contributed by atoms with Crippen molar-refractivity contribution in [1.29, 1.82) is 0 Å². The molecule has 1 aromatic carbocycles. The van der Waals surface area contributed by atoms with Gasteiger partial charge in [0.2, 0.25) is 0 Å². The molecule has 1 saturated heterocycles. The molecule has 2 aliphatic carbocycles. The van der Waals surface area contributed by atoms with E-state index >= 15 is 0 Å². The van der Waals surface area contributed by atoms with Crippen LogP contribution in [0.25, 0.3) is 0 Å². The smallest absolute Gasteiger partial charge is 0.119 e. The van der Waals surface area contributed by atoms with Crippen molar-refractivity contribution in [3.63, 3.8) is 0 Å². The highest BCUT2D eigenvalue weighted by molar-refractivity contribution is 5.46. The molecule has 1 unspecified atom stereocenters. The zero-order valence-corrected chi connectivity index (χ0v) is 12.2. The van der Waals surface area contributed by atoms with Gasteiger partial charge < -0.3 is 14.7 Å². The van der Waals surface area contributed by atoms with E-state index in [2.05, 4.69) is 30.9 Å². The molecule has 3 aliphatic rings. The third-order valence-corrected chi connectivity index (χ3v) is 5.88. The number of para-hydroxylation sites is 1. The summed E-state index contributed by atoms with van der Waals surface area (Å²) in [7, 11) is 0. The fraction of sp³-hybridized carbons (Fsp3) is 0.647. The van der Waals surface area contributed by atoms with E-state index in [1.807, 2.05) is 18.2 Å². The Balaban J connectivity index is 1.57. The predicted octanol–water partition coefficient (Wildman–Crippen LogP) is 2.65. The van der Waals surface area contributed by atoms with Crippen LogP contribution in [0.1, 0.15) is 26.7 Å². The molecule has 0 aromatic heterocycles. The van der Waals surface area contributed by atoms with E-state index < -0.39 is 5.60 Å². The standard InChI is InChI=1S/C17H23NO2/c1-16(2)13-8-9-17(19)10-18(11-20-15(17)14(13)16)12-6-4-3-5-7-12/h3-7,13-15,19H,8-11H2,1-2H3/t13-,14-,15?,17+/m0/s1. The van der Waals surface area contributed by atoms with Gasteiger partial charge in [-0.15, -0.1) is 0 Å². The molecule has 3 fully saturated rings. The summed E-state index contributed by atoms with van der Waals surface area (Å²) in [5.74, 6) is 1.29. The lowest BCUT2D eigenvalue weighted by Crippen LogP contribution is -2.60. The van der Waals surface area contributed by atoms with Crippen molar-refractivity contribution >= 4 is 5.69 Å². The van der Waals surface area contributed by atoms with Crippen molar-refractivity contribution < 1.29 is 9.84 Å². The van der Waals surface area contributed by atoms with E-state index in [0.717, 1.165) is 24.4 Å². The number of benzene rings is 1. The van der Waals surface area contributed by atoms with Crippen LogP contribution < -0.4 is 4.90 Å². The number of hydrogen-bond donors (Lipinski definition) is 1. The number of fused-ring (bicyclic) bond motifs is 3. The first kappa shape index (κ1) is 12.7. The number of anilines is 1. The summed E-state index contributed by atoms with van der Waals surface area (Å²) >= 11 is 0. The highest BCUT2D eigenvalue weighted by Gasteiger charge is 2.68. The largest absolute Gasteiger partial charge is 0.385 e. The van der Waals surface area contributed by atoms with E-state index in [0.29, 0.717) is 24.6 Å². The second-order valence-corrected chi connectivity index (χ2v) is 7.35. The number of ether oxygens (including phenoxy) is 1. The minimum absolute atomic E-state index is 0.0243. The Bertz CT molecular complexity index is 515. The van der Waals surface area contributed by atoms with Crippen molar-refractivity contribution in [3.05, 3.63) is 30.3 Å². The summed E-state index contributed by atoms with van der Waals surface area (Å²) in [5.41, 5.74) is 0.809. The van der Waals surface area contributed by atoms with Crippen molar-refractivity contribution in [3.8, 4) is 0 Å². The first-order valence-electron chi connectivity index (χ1n) is 7.66. The number of β-amino-alcohol motifs (C(OH)–C–C–N with tert-alkyl or cyclic N) is 1. The second-order valence-electron chi connectivity index (χ2n) is 7.35. The number of aliphatic hydroxyl groups is 1. The lowest BCUT2D eigenvalue weighted by atomic mass is 9.80. The maximum absolute atomic E-state index is 11.1. The normalized spacial score (nSPS) is 41.8. The molecule has 0 spiro atoms. The van der Waals surface area contributed by atoms with E-state index in [1.165, 1.54) is 0 Å². The van der Waals surface area contributed by atoms with Crippen LogP contribution >= 0.6 is 0 Å². The summed E-state index contributed by atoms with van der Waals surface area (Å²) < 4.78 is 6.12. The Morgan fingerprint density at radius 2 is 2.00 bits per heavy atom. The van der Waals surface area contributed by atoms with E-state index in [1.54, 1.807) is 0 Å². The summed E-state index contributed by atoms with van der Waals surface area (Å²) in [6.07, 6.45) is 2.03. The van der Waals surface area contributed by atoms with E-state index in [9.17, 15) is 5.11 Å². The van der Waals surface area contributed by atoms with Gasteiger partial charge in [-0.3, -0.25) is 0 Å². The molecule has 1 N–H and O–H groups in total. The topological polar surface area (TPSA) is 32.7 Å². The number of nitrogens with zero attached hydrogens (tertiary/aromatic N) is 1. The van der Waals surface area contributed by atoms with Crippen LogP contribution in [0.5, 0.6) is 0 Å². The van der Waals surface area contributed by atoms with Gasteiger partial charge in [0.15, 0.2) is 0 Å². The Morgan fingerprint density at radius 3 is 2.75 bits per heavy atom. The molecule has 3 nitrogen and oxygen atoms in total. The van der Waals surface area contributed by atoms with E-state index in [-0.39, 0.29) is 6.10 Å². The van der Waals surface area contributed by atoms with Crippen LogP contribution in [0.15, 0.2) is 30.3 Å². The quantitative estimate of drug-likeness (QED) is 0.854.